The Hall–Kier alpha value is -1.10. The fourth-order valence-electron chi connectivity index (χ4n) is 6.74. The van der Waals surface area contributed by atoms with Crippen LogP contribution >= 0.6 is 0 Å². The first-order valence-electron chi connectivity index (χ1n) is 11.5. The molecule has 0 aromatic rings. The third-order valence-corrected chi connectivity index (χ3v) is 8.33. The van der Waals surface area contributed by atoms with Gasteiger partial charge in [-0.05, 0) is 60.7 Å². The molecule has 6 atom stereocenters. The van der Waals surface area contributed by atoms with E-state index in [-0.39, 0.29) is 29.1 Å². The molecule has 0 spiro atoms. The van der Waals surface area contributed by atoms with Crippen molar-refractivity contribution in [1.29, 1.82) is 0 Å². The Morgan fingerprint density at radius 3 is 2.41 bits per heavy atom. The summed E-state index contributed by atoms with van der Waals surface area (Å²) in [6, 6.07) is 0. The summed E-state index contributed by atoms with van der Waals surface area (Å²) in [6.07, 6.45) is 8.11. The molecule has 0 bridgehead atoms. The van der Waals surface area contributed by atoms with Crippen LogP contribution in [-0.4, -0.2) is 36.9 Å². The van der Waals surface area contributed by atoms with Crippen molar-refractivity contribution in [3.8, 4) is 0 Å². The average Bonchev–Trinajstić information content (AvgIpc) is 3.31. The summed E-state index contributed by atoms with van der Waals surface area (Å²) >= 11 is 0. The van der Waals surface area contributed by atoms with Crippen LogP contribution in [0.1, 0.15) is 86.5 Å². The fraction of sp³-hybridized carbons (Fsp3) is 0.917. The Bertz CT molecular complexity index is 629. The molecule has 1 saturated heterocycles. The molecule has 0 N–H and O–H groups in total. The summed E-state index contributed by atoms with van der Waals surface area (Å²) in [7, 11) is 0. The molecule has 0 amide bonds. The van der Waals surface area contributed by atoms with E-state index in [2.05, 4.69) is 27.7 Å². The largest absolute Gasteiger partial charge is 0.466 e. The number of hydrogen-bond donors (Lipinski definition) is 0. The maximum absolute atomic E-state index is 11.5. The second-order valence-corrected chi connectivity index (χ2v) is 10.8. The Labute approximate surface area is 176 Å². The van der Waals surface area contributed by atoms with Crippen LogP contribution in [0.4, 0.5) is 0 Å². The standard InChI is InChI=1S/C24H40O5/c1-16(10-13-27-17(2)25)8-9-19-23(6)12-7-11-22(4,5)20(23)14-21-24(19,29-21)15-28-18(3)26/h16,19-21H,7-15H2,1-6H3/t16-,19+,20-,21-,23+,24+/m0/s1. The minimum Gasteiger partial charge on any atom is -0.466 e. The number of epoxide rings is 1. The van der Waals surface area contributed by atoms with Crippen LogP contribution < -0.4 is 0 Å². The second-order valence-electron chi connectivity index (χ2n) is 10.8. The lowest BCUT2D eigenvalue weighted by atomic mass is 9.46. The molecule has 3 fully saturated rings. The maximum Gasteiger partial charge on any atom is 0.302 e. The van der Waals surface area contributed by atoms with Crippen molar-refractivity contribution in [2.75, 3.05) is 13.2 Å². The molecule has 166 valence electrons. The minimum atomic E-state index is -0.292. The Balaban J connectivity index is 1.74. The van der Waals surface area contributed by atoms with E-state index < -0.39 is 0 Å². The molecule has 2 aliphatic carbocycles. The van der Waals surface area contributed by atoms with Gasteiger partial charge < -0.3 is 14.2 Å². The zero-order valence-corrected chi connectivity index (χ0v) is 19.2. The highest BCUT2D eigenvalue weighted by atomic mass is 16.6. The molecular formula is C24H40O5. The topological polar surface area (TPSA) is 65.1 Å². The van der Waals surface area contributed by atoms with Crippen molar-refractivity contribution in [3.05, 3.63) is 0 Å². The highest BCUT2D eigenvalue weighted by molar-refractivity contribution is 5.66. The highest BCUT2D eigenvalue weighted by Crippen LogP contribution is 2.69. The van der Waals surface area contributed by atoms with Crippen molar-refractivity contribution >= 4 is 11.9 Å². The van der Waals surface area contributed by atoms with Gasteiger partial charge in [-0.3, -0.25) is 9.59 Å². The van der Waals surface area contributed by atoms with Crippen molar-refractivity contribution in [1.82, 2.24) is 0 Å². The lowest BCUT2D eigenvalue weighted by Crippen LogP contribution is -2.56. The molecule has 1 heterocycles. The Morgan fingerprint density at radius 2 is 1.76 bits per heavy atom. The van der Waals surface area contributed by atoms with Crippen LogP contribution in [0, 0.1) is 28.6 Å². The van der Waals surface area contributed by atoms with Crippen LogP contribution in [0.5, 0.6) is 0 Å². The Morgan fingerprint density at radius 1 is 1.07 bits per heavy atom. The summed E-state index contributed by atoms with van der Waals surface area (Å²) in [6.45, 7) is 13.4. The smallest absolute Gasteiger partial charge is 0.302 e. The van der Waals surface area contributed by atoms with E-state index in [4.69, 9.17) is 14.2 Å². The average molecular weight is 409 g/mol. The van der Waals surface area contributed by atoms with Crippen molar-refractivity contribution < 1.29 is 23.8 Å². The van der Waals surface area contributed by atoms with E-state index in [0.29, 0.717) is 36.4 Å². The lowest BCUT2D eigenvalue weighted by Gasteiger charge is -2.58. The lowest BCUT2D eigenvalue weighted by molar-refractivity contribution is -0.148. The van der Waals surface area contributed by atoms with Gasteiger partial charge in [-0.15, -0.1) is 0 Å². The first-order valence-corrected chi connectivity index (χ1v) is 11.5. The van der Waals surface area contributed by atoms with E-state index in [0.717, 1.165) is 25.7 Å². The molecule has 2 saturated carbocycles. The number of fused-ring (bicyclic) bond motifs is 2. The summed E-state index contributed by atoms with van der Waals surface area (Å²) < 4.78 is 17.0. The number of carbonyl (C=O) groups excluding carboxylic acids is 2. The third kappa shape index (κ3) is 4.50. The summed E-state index contributed by atoms with van der Waals surface area (Å²) in [5.74, 6) is 1.09. The van der Waals surface area contributed by atoms with Gasteiger partial charge in [0, 0.05) is 13.8 Å². The minimum absolute atomic E-state index is 0.209. The number of rotatable bonds is 8. The summed E-state index contributed by atoms with van der Waals surface area (Å²) in [5, 5.41) is 0. The highest BCUT2D eigenvalue weighted by Gasteiger charge is 2.72. The van der Waals surface area contributed by atoms with Gasteiger partial charge in [0.25, 0.3) is 0 Å². The zero-order chi connectivity index (χ0) is 21.4. The first-order chi connectivity index (χ1) is 13.5. The quantitative estimate of drug-likeness (QED) is 0.422. The molecule has 29 heavy (non-hydrogen) atoms. The predicted octanol–water partition coefficient (Wildman–Crippen LogP) is 4.91. The monoisotopic (exact) mass is 408 g/mol. The number of hydrogen-bond acceptors (Lipinski definition) is 5. The Kier molecular flexibility index (Phi) is 6.39. The van der Waals surface area contributed by atoms with Crippen LogP contribution in [0.25, 0.3) is 0 Å². The van der Waals surface area contributed by atoms with Gasteiger partial charge in [-0.25, -0.2) is 0 Å². The maximum atomic E-state index is 11.5. The van der Waals surface area contributed by atoms with Crippen LogP contribution in [0.3, 0.4) is 0 Å². The predicted molar refractivity (Wildman–Crippen MR) is 111 cm³/mol. The van der Waals surface area contributed by atoms with E-state index in [1.54, 1.807) is 0 Å². The van der Waals surface area contributed by atoms with Gasteiger partial charge in [0.05, 0.1) is 12.7 Å². The van der Waals surface area contributed by atoms with Crippen molar-refractivity contribution in [2.45, 2.75) is 98.2 Å². The van der Waals surface area contributed by atoms with Gasteiger partial charge in [0.2, 0.25) is 0 Å². The van der Waals surface area contributed by atoms with E-state index in [9.17, 15) is 9.59 Å². The molecule has 1 aliphatic heterocycles. The van der Waals surface area contributed by atoms with E-state index in [1.807, 2.05) is 0 Å². The van der Waals surface area contributed by atoms with Crippen molar-refractivity contribution in [3.63, 3.8) is 0 Å². The first kappa shape index (κ1) is 22.6. The van der Waals surface area contributed by atoms with Gasteiger partial charge in [0.1, 0.15) is 12.2 Å². The molecule has 3 aliphatic rings. The molecule has 5 nitrogen and oxygen atoms in total. The SMILES string of the molecule is CC(=O)OCC[C@@H](C)CC[C@@H]1[C@@]2(C)CCCC(C)(C)[C@@H]2C[C@@H]2O[C@@]21COC(C)=O. The number of carbonyl (C=O) groups is 2. The summed E-state index contributed by atoms with van der Waals surface area (Å²) in [5.41, 5.74) is 0.246. The molecule has 0 unspecified atom stereocenters. The van der Waals surface area contributed by atoms with Gasteiger partial charge in [0.15, 0.2) is 0 Å². The third-order valence-electron chi connectivity index (χ3n) is 8.33. The normalized spacial score (nSPS) is 38.3. The van der Waals surface area contributed by atoms with Gasteiger partial charge in [-0.2, -0.15) is 0 Å². The second kappa shape index (κ2) is 8.20. The van der Waals surface area contributed by atoms with E-state index in [1.165, 1.54) is 33.1 Å². The van der Waals surface area contributed by atoms with Crippen LogP contribution in [0.15, 0.2) is 0 Å². The molecule has 0 radical (unpaired) electrons. The molecule has 0 aromatic heterocycles. The van der Waals surface area contributed by atoms with Crippen molar-refractivity contribution in [2.24, 2.45) is 28.6 Å². The molecular weight excluding hydrogens is 368 g/mol. The van der Waals surface area contributed by atoms with E-state index >= 15 is 0 Å². The number of esters is 2. The van der Waals surface area contributed by atoms with Gasteiger partial charge in [-0.1, -0.05) is 40.5 Å². The molecule has 5 heteroatoms. The van der Waals surface area contributed by atoms with Gasteiger partial charge >= 0.3 is 11.9 Å². The summed E-state index contributed by atoms with van der Waals surface area (Å²) in [4.78, 5) is 22.6. The molecule has 3 rings (SSSR count). The van der Waals surface area contributed by atoms with Crippen LogP contribution in [0.2, 0.25) is 0 Å². The van der Waals surface area contributed by atoms with Crippen LogP contribution in [-0.2, 0) is 23.8 Å². The number of ether oxygens (including phenoxy) is 3. The molecule has 0 aromatic carbocycles. The zero-order valence-electron chi connectivity index (χ0n) is 19.2. The fourth-order valence-corrected chi connectivity index (χ4v) is 6.74.